The zero-order valence-electron chi connectivity index (χ0n) is 9.59. The minimum Gasteiger partial charge on any atom is -0.409 e. The summed E-state index contributed by atoms with van der Waals surface area (Å²) in [7, 11) is 1.74. The van der Waals surface area contributed by atoms with E-state index in [-0.39, 0.29) is 11.7 Å². The number of hydrogen-bond donors (Lipinski definition) is 2. The molecule has 1 saturated carbocycles. The van der Waals surface area contributed by atoms with E-state index in [1.54, 1.807) is 23.3 Å². The summed E-state index contributed by atoms with van der Waals surface area (Å²) >= 11 is 1.60. The van der Waals surface area contributed by atoms with Crippen molar-refractivity contribution in [1.29, 1.82) is 0 Å². The van der Waals surface area contributed by atoms with Crippen molar-refractivity contribution >= 4 is 23.1 Å². The summed E-state index contributed by atoms with van der Waals surface area (Å²) < 4.78 is 0. The number of oxime groups is 1. The maximum Gasteiger partial charge on any atom is 0.236 e. The molecule has 0 radical (unpaired) electrons. The quantitative estimate of drug-likeness (QED) is 0.366. The Balaban J connectivity index is 2.05. The van der Waals surface area contributed by atoms with Crippen LogP contribution in [0.15, 0.2) is 22.0 Å². The van der Waals surface area contributed by atoms with Crippen molar-refractivity contribution in [3.05, 3.63) is 22.4 Å². The van der Waals surface area contributed by atoms with E-state index in [0.717, 1.165) is 5.56 Å². The predicted molar refractivity (Wildman–Crippen MR) is 65.9 cm³/mol. The Morgan fingerprint density at radius 1 is 1.71 bits per heavy atom. The average molecular weight is 253 g/mol. The van der Waals surface area contributed by atoms with Crippen LogP contribution in [-0.2, 0) is 11.3 Å². The van der Waals surface area contributed by atoms with Crippen LogP contribution in [0.4, 0.5) is 0 Å². The predicted octanol–water partition coefficient (Wildman–Crippen LogP) is 1.23. The number of thiophene rings is 1. The Hall–Kier alpha value is -1.56. The van der Waals surface area contributed by atoms with Gasteiger partial charge in [-0.3, -0.25) is 4.79 Å². The molecule has 5 nitrogen and oxygen atoms in total. The van der Waals surface area contributed by atoms with Gasteiger partial charge in [-0.25, -0.2) is 0 Å². The first kappa shape index (κ1) is 11.9. The van der Waals surface area contributed by atoms with Crippen molar-refractivity contribution in [2.24, 2.45) is 16.3 Å². The van der Waals surface area contributed by atoms with Gasteiger partial charge in [0.2, 0.25) is 5.91 Å². The van der Waals surface area contributed by atoms with Gasteiger partial charge >= 0.3 is 0 Å². The minimum absolute atomic E-state index is 0.0275. The lowest BCUT2D eigenvalue weighted by Gasteiger charge is -2.22. The molecule has 0 unspecified atom stereocenters. The molecule has 1 heterocycles. The number of hydrogen-bond acceptors (Lipinski definition) is 4. The first-order valence-electron chi connectivity index (χ1n) is 5.35. The lowest BCUT2D eigenvalue weighted by Crippen LogP contribution is -2.41. The molecule has 0 aromatic carbocycles. The van der Waals surface area contributed by atoms with Crippen molar-refractivity contribution in [3.8, 4) is 0 Å². The van der Waals surface area contributed by atoms with Gasteiger partial charge in [-0.1, -0.05) is 5.16 Å². The molecule has 1 aromatic rings. The second kappa shape index (κ2) is 4.37. The molecule has 92 valence electrons. The molecule has 3 N–H and O–H groups in total. The van der Waals surface area contributed by atoms with E-state index < -0.39 is 5.41 Å². The summed E-state index contributed by atoms with van der Waals surface area (Å²) in [6.07, 6.45) is 1.32. The standard InChI is InChI=1S/C11H15N3O2S/c1-14(6-8-2-5-17-7-8)10(15)11(3-4-11)9(12)13-16/h2,5,7,16H,3-4,6H2,1H3,(H2,12,13). The molecule has 1 amide bonds. The molecule has 0 atom stereocenters. The second-order valence-corrected chi connectivity index (χ2v) is 5.14. The zero-order valence-corrected chi connectivity index (χ0v) is 10.4. The largest absolute Gasteiger partial charge is 0.409 e. The lowest BCUT2D eigenvalue weighted by molar-refractivity contribution is -0.133. The third-order valence-electron chi connectivity index (χ3n) is 3.10. The van der Waals surface area contributed by atoms with Gasteiger partial charge in [0.05, 0.1) is 0 Å². The van der Waals surface area contributed by atoms with E-state index in [0.29, 0.717) is 19.4 Å². The highest BCUT2D eigenvalue weighted by atomic mass is 32.1. The van der Waals surface area contributed by atoms with Crippen molar-refractivity contribution in [2.75, 3.05) is 7.05 Å². The molecule has 6 heteroatoms. The summed E-state index contributed by atoms with van der Waals surface area (Å²) in [4.78, 5) is 13.8. The van der Waals surface area contributed by atoms with Gasteiger partial charge in [0.15, 0.2) is 5.84 Å². The SMILES string of the molecule is CN(Cc1ccsc1)C(=O)C1(/C(N)=N/O)CC1. The molecule has 17 heavy (non-hydrogen) atoms. The lowest BCUT2D eigenvalue weighted by atomic mass is 10.0. The first-order valence-corrected chi connectivity index (χ1v) is 6.29. The number of amidine groups is 1. The van der Waals surface area contributed by atoms with E-state index in [2.05, 4.69) is 5.16 Å². The smallest absolute Gasteiger partial charge is 0.236 e. The second-order valence-electron chi connectivity index (χ2n) is 4.36. The van der Waals surface area contributed by atoms with Gasteiger partial charge in [-0.05, 0) is 35.2 Å². The average Bonchev–Trinajstić information content (AvgIpc) is 2.99. The molecule has 0 bridgehead atoms. The first-order chi connectivity index (χ1) is 8.10. The third kappa shape index (κ3) is 2.12. The van der Waals surface area contributed by atoms with Crippen LogP contribution in [-0.4, -0.2) is 28.9 Å². The summed E-state index contributed by atoms with van der Waals surface area (Å²) in [5.74, 6) is -0.0429. The fourth-order valence-electron chi connectivity index (χ4n) is 1.89. The Bertz CT molecular complexity index is 438. The highest BCUT2D eigenvalue weighted by Gasteiger charge is 2.55. The van der Waals surface area contributed by atoms with Crippen LogP contribution in [0.2, 0.25) is 0 Å². The van der Waals surface area contributed by atoms with Crippen LogP contribution in [0.5, 0.6) is 0 Å². The Kier molecular flexibility index (Phi) is 3.06. The van der Waals surface area contributed by atoms with Gasteiger partial charge in [-0.2, -0.15) is 11.3 Å². The van der Waals surface area contributed by atoms with Gasteiger partial charge in [-0.15, -0.1) is 0 Å². The number of nitrogens with two attached hydrogens (primary N) is 1. The van der Waals surface area contributed by atoms with Gasteiger partial charge in [0, 0.05) is 13.6 Å². The van der Waals surface area contributed by atoms with E-state index in [1.165, 1.54) is 0 Å². The summed E-state index contributed by atoms with van der Waals surface area (Å²) in [5.41, 5.74) is 5.93. The number of nitrogens with zero attached hydrogens (tertiary/aromatic N) is 2. The van der Waals surface area contributed by atoms with E-state index in [4.69, 9.17) is 10.9 Å². The molecule has 0 saturated heterocycles. The summed E-state index contributed by atoms with van der Waals surface area (Å²) in [5, 5.41) is 15.6. The van der Waals surface area contributed by atoms with E-state index >= 15 is 0 Å². The highest BCUT2D eigenvalue weighted by Crippen LogP contribution is 2.47. The molecule has 1 aliphatic rings. The molecule has 0 aliphatic heterocycles. The number of carbonyl (C=O) groups excluding carboxylic acids is 1. The minimum atomic E-state index is -0.750. The molecule has 2 rings (SSSR count). The van der Waals surface area contributed by atoms with Gasteiger partial charge < -0.3 is 15.8 Å². The Morgan fingerprint density at radius 3 is 2.88 bits per heavy atom. The monoisotopic (exact) mass is 253 g/mol. The topological polar surface area (TPSA) is 78.9 Å². The fraction of sp³-hybridized carbons (Fsp3) is 0.455. The third-order valence-corrected chi connectivity index (χ3v) is 3.84. The van der Waals surface area contributed by atoms with Gasteiger partial charge in [0.25, 0.3) is 0 Å². The molecule has 1 aliphatic carbocycles. The molecule has 0 spiro atoms. The zero-order chi connectivity index (χ0) is 12.5. The van der Waals surface area contributed by atoms with Crippen LogP contribution in [0, 0.1) is 5.41 Å². The van der Waals surface area contributed by atoms with E-state index in [1.807, 2.05) is 16.8 Å². The van der Waals surface area contributed by atoms with Crippen molar-refractivity contribution in [3.63, 3.8) is 0 Å². The van der Waals surface area contributed by atoms with Crippen LogP contribution < -0.4 is 5.73 Å². The number of rotatable bonds is 4. The number of amides is 1. The number of carbonyl (C=O) groups is 1. The Morgan fingerprint density at radius 2 is 2.41 bits per heavy atom. The maximum atomic E-state index is 12.2. The van der Waals surface area contributed by atoms with Crippen LogP contribution in [0.1, 0.15) is 18.4 Å². The normalized spacial score (nSPS) is 17.8. The van der Waals surface area contributed by atoms with Crippen LogP contribution in [0.25, 0.3) is 0 Å². The molecular formula is C11H15N3O2S. The van der Waals surface area contributed by atoms with Gasteiger partial charge in [0.1, 0.15) is 5.41 Å². The highest BCUT2D eigenvalue weighted by molar-refractivity contribution is 7.07. The van der Waals surface area contributed by atoms with Crippen LogP contribution in [0.3, 0.4) is 0 Å². The Labute approximate surface area is 104 Å². The van der Waals surface area contributed by atoms with Crippen LogP contribution >= 0.6 is 11.3 Å². The van der Waals surface area contributed by atoms with Crippen molar-refractivity contribution in [2.45, 2.75) is 19.4 Å². The summed E-state index contributed by atoms with van der Waals surface area (Å²) in [6, 6.07) is 1.98. The molecule has 1 fully saturated rings. The summed E-state index contributed by atoms with van der Waals surface area (Å²) in [6.45, 7) is 0.558. The molecule has 1 aromatic heterocycles. The molecular weight excluding hydrogens is 238 g/mol. The fourth-order valence-corrected chi connectivity index (χ4v) is 2.55. The van der Waals surface area contributed by atoms with E-state index in [9.17, 15) is 4.79 Å². The van der Waals surface area contributed by atoms with Crippen molar-refractivity contribution < 1.29 is 10.0 Å². The van der Waals surface area contributed by atoms with Crippen molar-refractivity contribution in [1.82, 2.24) is 4.90 Å². The maximum absolute atomic E-state index is 12.2.